The van der Waals surface area contributed by atoms with Crippen molar-refractivity contribution in [2.45, 2.75) is 58.5 Å². The van der Waals surface area contributed by atoms with E-state index in [2.05, 4.69) is 44.2 Å². The molecule has 0 radical (unpaired) electrons. The monoisotopic (exact) mass is 310 g/mol. The van der Waals surface area contributed by atoms with Crippen molar-refractivity contribution < 1.29 is 0 Å². The maximum atomic E-state index is 12.9. The lowest BCUT2D eigenvalue weighted by atomic mass is 9.97. The van der Waals surface area contributed by atoms with E-state index in [4.69, 9.17) is 5.73 Å². The molecule has 1 atom stereocenters. The Labute approximate surface area is 138 Å². The van der Waals surface area contributed by atoms with Crippen molar-refractivity contribution in [2.75, 3.05) is 0 Å². The van der Waals surface area contributed by atoms with Crippen molar-refractivity contribution in [3.63, 3.8) is 0 Å². The molecule has 3 heteroatoms. The minimum absolute atomic E-state index is 0.0968. The molecule has 0 fully saturated rings. The summed E-state index contributed by atoms with van der Waals surface area (Å²) in [6.45, 7) is 5.04. The Morgan fingerprint density at radius 1 is 1.17 bits per heavy atom. The highest BCUT2D eigenvalue weighted by Crippen LogP contribution is 2.25. The highest BCUT2D eigenvalue weighted by atomic mass is 16.1. The first kappa shape index (κ1) is 16.0. The third-order valence-electron chi connectivity index (χ3n) is 4.91. The number of hydrogen-bond acceptors (Lipinski definition) is 2. The van der Waals surface area contributed by atoms with Gasteiger partial charge in [-0.05, 0) is 54.9 Å². The fourth-order valence-electron chi connectivity index (χ4n) is 3.57. The maximum absolute atomic E-state index is 12.9. The van der Waals surface area contributed by atoms with Crippen LogP contribution in [0.5, 0.6) is 0 Å². The number of nitrogens with zero attached hydrogens (tertiary/aromatic N) is 1. The minimum atomic E-state index is -0.345. The van der Waals surface area contributed by atoms with E-state index in [9.17, 15) is 4.79 Å². The van der Waals surface area contributed by atoms with E-state index in [1.165, 1.54) is 16.8 Å². The summed E-state index contributed by atoms with van der Waals surface area (Å²) in [5, 5.41) is 0. The summed E-state index contributed by atoms with van der Waals surface area (Å²) in [6.07, 6.45) is 5.20. The highest BCUT2D eigenvalue weighted by Gasteiger charge is 2.22. The summed E-state index contributed by atoms with van der Waals surface area (Å²) in [5.74, 6) is 0. The molecular weight excluding hydrogens is 284 g/mol. The zero-order chi connectivity index (χ0) is 16.4. The topological polar surface area (TPSA) is 48.0 Å². The molecule has 1 aliphatic rings. The fraction of sp³-hybridized carbons (Fsp3) is 0.450. The Bertz CT molecular complexity index is 743. The van der Waals surface area contributed by atoms with E-state index in [1.54, 1.807) is 0 Å². The standard InChI is InChI=1S/C20H26N2O/c1-3-12-22-18-7-5-6-16(18)13-17(20(22)23)19(21)15-10-8-14(4-2)9-11-15/h8-11,13,19H,3-7,12,21H2,1-2H3. The van der Waals surface area contributed by atoms with Crippen LogP contribution in [0.1, 0.15) is 60.7 Å². The molecule has 1 aromatic carbocycles. The van der Waals surface area contributed by atoms with Crippen molar-refractivity contribution in [3.8, 4) is 0 Å². The molecule has 1 heterocycles. The van der Waals surface area contributed by atoms with Gasteiger partial charge in [0.2, 0.25) is 0 Å². The third kappa shape index (κ3) is 2.98. The van der Waals surface area contributed by atoms with Crippen LogP contribution in [0.25, 0.3) is 0 Å². The molecule has 23 heavy (non-hydrogen) atoms. The molecular formula is C20H26N2O. The number of aromatic nitrogens is 1. The molecule has 2 aromatic rings. The van der Waals surface area contributed by atoms with Gasteiger partial charge in [-0.1, -0.05) is 38.1 Å². The Morgan fingerprint density at radius 3 is 2.57 bits per heavy atom. The van der Waals surface area contributed by atoms with Crippen LogP contribution >= 0.6 is 0 Å². The lowest BCUT2D eigenvalue weighted by Crippen LogP contribution is -2.31. The normalized spacial score (nSPS) is 14.7. The van der Waals surface area contributed by atoms with E-state index < -0.39 is 0 Å². The van der Waals surface area contributed by atoms with Gasteiger partial charge in [0.1, 0.15) is 0 Å². The number of rotatable bonds is 5. The number of pyridine rings is 1. The van der Waals surface area contributed by atoms with Gasteiger partial charge in [0.05, 0.1) is 6.04 Å². The van der Waals surface area contributed by atoms with Crippen molar-refractivity contribution >= 4 is 0 Å². The molecule has 0 bridgehead atoms. The van der Waals surface area contributed by atoms with Crippen LogP contribution < -0.4 is 11.3 Å². The fourth-order valence-corrected chi connectivity index (χ4v) is 3.57. The SMILES string of the molecule is CCCn1c2c(cc(C(N)c3ccc(CC)cc3)c1=O)CCC2. The second-order valence-electron chi connectivity index (χ2n) is 6.45. The molecule has 2 N–H and O–H groups in total. The zero-order valence-corrected chi connectivity index (χ0v) is 14.1. The van der Waals surface area contributed by atoms with E-state index in [0.29, 0.717) is 0 Å². The van der Waals surface area contributed by atoms with Gasteiger partial charge >= 0.3 is 0 Å². The van der Waals surface area contributed by atoms with Gasteiger partial charge in [-0.2, -0.15) is 0 Å². The number of nitrogens with two attached hydrogens (primary N) is 1. The number of fused-ring (bicyclic) bond motifs is 1. The lowest BCUT2D eigenvalue weighted by Gasteiger charge is -2.18. The van der Waals surface area contributed by atoms with Crippen molar-refractivity contribution in [1.29, 1.82) is 0 Å². The van der Waals surface area contributed by atoms with Gasteiger partial charge in [-0.25, -0.2) is 0 Å². The van der Waals surface area contributed by atoms with Gasteiger partial charge in [-0.3, -0.25) is 4.79 Å². The van der Waals surface area contributed by atoms with Crippen molar-refractivity contribution in [2.24, 2.45) is 5.73 Å². The molecule has 0 spiro atoms. The van der Waals surface area contributed by atoms with Gasteiger partial charge < -0.3 is 10.3 Å². The van der Waals surface area contributed by atoms with Crippen LogP contribution in [0, 0.1) is 0 Å². The summed E-state index contributed by atoms with van der Waals surface area (Å²) in [7, 11) is 0. The number of hydrogen-bond donors (Lipinski definition) is 1. The quantitative estimate of drug-likeness (QED) is 0.920. The van der Waals surface area contributed by atoms with Gasteiger partial charge in [0.25, 0.3) is 5.56 Å². The molecule has 0 aliphatic heterocycles. The Morgan fingerprint density at radius 2 is 1.91 bits per heavy atom. The van der Waals surface area contributed by atoms with Crippen molar-refractivity contribution in [1.82, 2.24) is 4.57 Å². The molecule has 0 saturated carbocycles. The van der Waals surface area contributed by atoms with Crippen LogP contribution in [0.4, 0.5) is 0 Å². The summed E-state index contributed by atoms with van der Waals surface area (Å²) in [4.78, 5) is 12.9. The molecule has 122 valence electrons. The van der Waals surface area contributed by atoms with Gasteiger partial charge in [0.15, 0.2) is 0 Å². The number of benzene rings is 1. The van der Waals surface area contributed by atoms with E-state index in [1.807, 2.05) is 4.57 Å². The zero-order valence-electron chi connectivity index (χ0n) is 14.1. The molecule has 1 unspecified atom stereocenters. The average Bonchev–Trinajstić information content (AvgIpc) is 3.05. The van der Waals surface area contributed by atoms with Crippen LogP contribution in [0.15, 0.2) is 35.1 Å². The first-order chi connectivity index (χ1) is 11.2. The van der Waals surface area contributed by atoms with E-state index in [0.717, 1.165) is 49.8 Å². The maximum Gasteiger partial charge on any atom is 0.255 e. The molecule has 1 aliphatic carbocycles. The van der Waals surface area contributed by atoms with Crippen LogP contribution in [-0.4, -0.2) is 4.57 Å². The molecule has 0 saturated heterocycles. The minimum Gasteiger partial charge on any atom is -0.320 e. The van der Waals surface area contributed by atoms with Gasteiger partial charge in [-0.15, -0.1) is 0 Å². The highest BCUT2D eigenvalue weighted by molar-refractivity contribution is 5.37. The average molecular weight is 310 g/mol. The van der Waals surface area contributed by atoms with Crippen LogP contribution in [0.3, 0.4) is 0 Å². The molecule has 0 amide bonds. The smallest absolute Gasteiger partial charge is 0.255 e. The van der Waals surface area contributed by atoms with E-state index >= 15 is 0 Å². The largest absolute Gasteiger partial charge is 0.320 e. The predicted octanol–water partition coefficient (Wildman–Crippen LogP) is 3.36. The Balaban J connectivity index is 2.04. The molecule has 3 nitrogen and oxygen atoms in total. The first-order valence-electron chi connectivity index (χ1n) is 8.75. The predicted molar refractivity (Wildman–Crippen MR) is 94.9 cm³/mol. The third-order valence-corrected chi connectivity index (χ3v) is 4.91. The molecule has 1 aromatic heterocycles. The summed E-state index contributed by atoms with van der Waals surface area (Å²) in [5.41, 5.74) is 12.1. The number of aryl methyl sites for hydroxylation is 2. The Hall–Kier alpha value is -1.87. The van der Waals surface area contributed by atoms with Crippen molar-refractivity contribution in [3.05, 3.63) is 68.6 Å². The first-order valence-corrected chi connectivity index (χ1v) is 8.75. The lowest BCUT2D eigenvalue weighted by molar-refractivity contribution is 0.612. The van der Waals surface area contributed by atoms with E-state index in [-0.39, 0.29) is 11.6 Å². The molecule has 3 rings (SSSR count). The van der Waals surface area contributed by atoms with Crippen LogP contribution in [-0.2, 0) is 25.8 Å². The second kappa shape index (κ2) is 6.71. The second-order valence-corrected chi connectivity index (χ2v) is 6.45. The summed E-state index contributed by atoms with van der Waals surface area (Å²) in [6, 6.07) is 10.0. The Kier molecular flexibility index (Phi) is 4.67. The summed E-state index contributed by atoms with van der Waals surface area (Å²) < 4.78 is 1.97. The summed E-state index contributed by atoms with van der Waals surface area (Å²) >= 11 is 0. The van der Waals surface area contributed by atoms with Crippen LogP contribution in [0.2, 0.25) is 0 Å². The van der Waals surface area contributed by atoms with Gasteiger partial charge in [0, 0.05) is 17.8 Å².